The molecule has 8 heteroatoms. The van der Waals surface area contributed by atoms with Crippen molar-refractivity contribution in [2.24, 2.45) is 0 Å². The Balaban J connectivity index is 1.56. The molecule has 3 aromatic rings. The van der Waals surface area contributed by atoms with E-state index in [4.69, 9.17) is 0 Å². The van der Waals surface area contributed by atoms with Crippen LogP contribution in [-0.2, 0) is 19.3 Å². The van der Waals surface area contributed by atoms with Gasteiger partial charge in [-0.2, -0.15) is 23.4 Å². The Morgan fingerprint density at radius 1 is 1.23 bits per heavy atom. The van der Waals surface area contributed by atoms with Gasteiger partial charge in [-0.05, 0) is 57.9 Å². The van der Waals surface area contributed by atoms with Gasteiger partial charge < -0.3 is 0 Å². The Kier molecular flexibility index (Phi) is 5.92. The summed E-state index contributed by atoms with van der Waals surface area (Å²) in [4.78, 5) is 2.42. The lowest BCUT2D eigenvalue weighted by atomic mass is 9.90. The maximum absolute atomic E-state index is 13.2. The highest BCUT2D eigenvalue weighted by Crippen LogP contribution is 2.36. The van der Waals surface area contributed by atoms with Gasteiger partial charge in [0.25, 0.3) is 0 Å². The number of piperidine rings is 1. The van der Waals surface area contributed by atoms with Crippen LogP contribution in [0.3, 0.4) is 0 Å². The number of aryl methyl sites for hydroxylation is 2. The van der Waals surface area contributed by atoms with Crippen molar-refractivity contribution in [3.05, 3.63) is 58.7 Å². The molecule has 0 saturated carbocycles. The largest absolute Gasteiger partial charge is 0.416 e. The van der Waals surface area contributed by atoms with Gasteiger partial charge in [-0.3, -0.25) is 14.7 Å². The normalized spacial score (nSPS) is 17.9. The van der Waals surface area contributed by atoms with Crippen LogP contribution in [0, 0.1) is 13.8 Å². The molecular weight excluding hydrogens is 403 g/mol. The molecule has 5 nitrogen and oxygen atoms in total. The Morgan fingerprint density at radius 2 is 2.03 bits per heavy atom. The van der Waals surface area contributed by atoms with Crippen LogP contribution in [-0.4, -0.2) is 38.0 Å². The fraction of sp³-hybridized carbons (Fsp3) is 0.478. The summed E-state index contributed by atoms with van der Waals surface area (Å²) in [6.45, 7) is 9.78. The SMILES string of the molecule is CCn1nc(C)c(CN2CCCC(c3[nH]ncc3-c3cccc(C(F)(F)F)c3)C2)c1C. The van der Waals surface area contributed by atoms with Crippen molar-refractivity contribution >= 4 is 0 Å². The number of nitrogens with zero attached hydrogens (tertiary/aromatic N) is 4. The van der Waals surface area contributed by atoms with E-state index in [0.29, 0.717) is 5.56 Å². The maximum Gasteiger partial charge on any atom is 0.416 e. The molecule has 1 aromatic carbocycles. The molecule has 1 aliphatic heterocycles. The van der Waals surface area contributed by atoms with Gasteiger partial charge in [0.1, 0.15) is 0 Å². The minimum absolute atomic E-state index is 0.197. The number of halogens is 3. The number of aromatic amines is 1. The van der Waals surface area contributed by atoms with Crippen LogP contribution in [0.1, 0.15) is 53.9 Å². The van der Waals surface area contributed by atoms with Gasteiger partial charge in [0, 0.05) is 48.1 Å². The molecule has 0 amide bonds. The average molecular weight is 432 g/mol. The average Bonchev–Trinajstić information content (AvgIpc) is 3.34. The predicted octanol–water partition coefficient (Wildman–Crippen LogP) is 5.31. The molecule has 3 heterocycles. The van der Waals surface area contributed by atoms with Crippen molar-refractivity contribution in [2.75, 3.05) is 13.1 Å². The van der Waals surface area contributed by atoms with E-state index in [9.17, 15) is 13.2 Å². The van der Waals surface area contributed by atoms with Crippen molar-refractivity contribution in [3.63, 3.8) is 0 Å². The van der Waals surface area contributed by atoms with Gasteiger partial charge in [0.15, 0.2) is 0 Å². The smallest absolute Gasteiger partial charge is 0.298 e. The Labute approximate surface area is 180 Å². The molecule has 4 rings (SSSR count). The first kappa shape index (κ1) is 21.6. The first-order valence-electron chi connectivity index (χ1n) is 10.7. The van der Waals surface area contributed by atoms with E-state index >= 15 is 0 Å². The van der Waals surface area contributed by atoms with Crippen LogP contribution in [0.25, 0.3) is 11.1 Å². The van der Waals surface area contributed by atoms with Crippen LogP contribution >= 0.6 is 0 Å². The molecule has 0 radical (unpaired) electrons. The number of rotatable bonds is 5. The number of alkyl halides is 3. The lowest BCUT2D eigenvalue weighted by Crippen LogP contribution is -2.34. The van der Waals surface area contributed by atoms with Crippen molar-refractivity contribution in [1.29, 1.82) is 0 Å². The summed E-state index contributed by atoms with van der Waals surface area (Å²) in [5.74, 6) is 0.197. The number of likely N-dealkylation sites (tertiary alicyclic amines) is 1. The standard InChI is InChI=1S/C23H28F3N5/c1-4-31-16(3)21(15(2)29-31)14-30-10-6-8-18(13-30)22-20(12-27-28-22)17-7-5-9-19(11-17)23(24,25)26/h5,7,9,11-12,18H,4,6,8,10,13-14H2,1-3H3,(H,27,28). The summed E-state index contributed by atoms with van der Waals surface area (Å²) in [6, 6.07) is 5.49. The highest BCUT2D eigenvalue weighted by molar-refractivity contribution is 5.66. The molecule has 31 heavy (non-hydrogen) atoms. The van der Waals surface area contributed by atoms with E-state index in [1.807, 2.05) is 4.68 Å². The van der Waals surface area contributed by atoms with E-state index in [2.05, 4.69) is 41.0 Å². The van der Waals surface area contributed by atoms with Crippen LogP contribution in [0.2, 0.25) is 0 Å². The summed E-state index contributed by atoms with van der Waals surface area (Å²) >= 11 is 0. The molecule has 0 aliphatic carbocycles. The zero-order chi connectivity index (χ0) is 22.2. The summed E-state index contributed by atoms with van der Waals surface area (Å²) in [5, 5.41) is 11.9. The molecule has 0 spiro atoms. The number of nitrogens with one attached hydrogen (secondary N) is 1. The number of H-pyrrole nitrogens is 1. The first-order valence-corrected chi connectivity index (χ1v) is 10.7. The fourth-order valence-electron chi connectivity index (χ4n) is 4.63. The van der Waals surface area contributed by atoms with Crippen molar-refractivity contribution in [2.45, 2.75) is 58.8 Å². The van der Waals surface area contributed by atoms with Crippen LogP contribution < -0.4 is 0 Å². The highest BCUT2D eigenvalue weighted by atomic mass is 19.4. The first-order chi connectivity index (χ1) is 14.8. The third-order valence-corrected chi connectivity index (χ3v) is 6.30. The van der Waals surface area contributed by atoms with Crippen molar-refractivity contribution in [1.82, 2.24) is 24.9 Å². The Hall–Kier alpha value is -2.61. The number of aromatic nitrogens is 4. The van der Waals surface area contributed by atoms with Gasteiger partial charge in [0.05, 0.1) is 17.5 Å². The summed E-state index contributed by atoms with van der Waals surface area (Å²) in [7, 11) is 0. The van der Waals surface area contributed by atoms with Gasteiger partial charge >= 0.3 is 6.18 Å². The third-order valence-electron chi connectivity index (χ3n) is 6.30. The maximum atomic E-state index is 13.2. The van der Waals surface area contributed by atoms with E-state index in [1.54, 1.807) is 12.3 Å². The van der Waals surface area contributed by atoms with Gasteiger partial charge in [0.2, 0.25) is 0 Å². The van der Waals surface area contributed by atoms with Gasteiger partial charge in [-0.15, -0.1) is 0 Å². The molecule has 1 fully saturated rings. The Bertz CT molecular complexity index is 1050. The summed E-state index contributed by atoms with van der Waals surface area (Å²) < 4.78 is 41.6. The summed E-state index contributed by atoms with van der Waals surface area (Å²) in [6.07, 6.45) is -0.702. The second-order valence-corrected chi connectivity index (χ2v) is 8.32. The van der Waals surface area contributed by atoms with Crippen molar-refractivity contribution in [3.8, 4) is 11.1 Å². The second kappa shape index (κ2) is 8.49. The molecule has 2 aromatic heterocycles. The molecular formula is C23H28F3N5. The van der Waals surface area contributed by atoms with Crippen LogP contribution in [0.5, 0.6) is 0 Å². The number of hydrogen-bond acceptors (Lipinski definition) is 3. The molecule has 1 atom stereocenters. The molecule has 166 valence electrons. The number of hydrogen-bond donors (Lipinski definition) is 1. The molecule has 1 N–H and O–H groups in total. The van der Waals surface area contributed by atoms with Crippen molar-refractivity contribution < 1.29 is 13.2 Å². The van der Waals surface area contributed by atoms with Crippen LogP contribution in [0.4, 0.5) is 13.2 Å². The van der Waals surface area contributed by atoms with Gasteiger partial charge in [-0.25, -0.2) is 0 Å². The predicted molar refractivity (Wildman–Crippen MR) is 114 cm³/mol. The van der Waals surface area contributed by atoms with E-state index in [-0.39, 0.29) is 5.92 Å². The number of benzene rings is 1. The minimum atomic E-state index is -4.36. The molecule has 1 unspecified atom stereocenters. The van der Waals surface area contributed by atoms with Gasteiger partial charge in [-0.1, -0.05) is 12.1 Å². The van der Waals surface area contributed by atoms with Crippen LogP contribution in [0.15, 0.2) is 30.5 Å². The summed E-state index contributed by atoms with van der Waals surface area (Å²) in [5.41, 5.74) is 5.12. The Morgan fingerprint density at radius 3 is 2.74 bits per heavy atom. The lowest BCUT2D eigenvalue weighted by molar-refractivity contribution is -0.137. The van der Waals surface area contributed by atoms with E-state index < -0.39 is 11.7 Å². The zero-order valence-corrected chi connectivity index (χ0v) is 18.1. The molecule has 0 bridgehead atoms. The molecule has 1 aliphatic rings. The minimum Gasteiger partial charge on any atom is -0.298 e. The van der Waals surface area contributed by atoms with E-state index in [0.717, 1.165) is 62.0 Å². The quantitative estimate of drug-likeness (QED) is 0.596. The fourth-order valence-corrected chi connectivity index (χ4v) is 4.63. The topological polar surface area (TPSA) is 49.7 Å². The highest BCUT2D eigenvalue weighted by Gasteiger charge is 2.31. The van der Waals surface area contributed by atoms with E-state index in [1.165, 1.54) is 23.4 Å². The molecule has 1 saturated heterocycles. The third kappa shape index (κ3) is 4.39. The second-order valence-electron chi connectivity index (χ2n) is 8.32. The zero-order valence-electron chi connectivity index (χ0n) is 18.1. The lowest BCUT2D eigenvalue weighted by Gasteiger charge is -2.32. The monoisotopic (exact) mass is 431 g/mol.